The van der Waals surface area contributed by atoms with Gasteiger partial charge in [-0.3, -0.25) is 9.59 Å². The van der Waals surface area contributed by atoms with Gasteiger partial charge >= 0.3 is 11.9 Å². The van der Waals surface area contributed by atoms with Crippen LogP contribution in [0.3, 0.4) is 0 Å². The number of nitrogens with zero attached hydrogens (tertiary/aromatic N) is 1. The molecule has 1 saturated carbocycles. The first-order valence-electron chi connectivity index (χ1n) is 17.3. The highest BCUT2D eigenvalue weighted by molar-refractivity contribution is 5.87. The van der Waals surface area contributed by atoms with Crippen molar-refractivity contribution in [1.82, 2.24) is 5.32 Å². The topological polar surface area (TPSA) is 201 Å². The summed E-state index contributed by atoms with van der Waals surface area (Å²) in [5.74, 6) is -1.45. The van der Waals surface area contributed by atoms with E-state index in [0.717, 1.165) is 25.3 Å². The van der Waals surface area contributed by atoms with Crippen LogP contribution < -0.4 is 14.8 Å². The monoisotopic (exact) mass is 704 g/mol. The summed E-state index contributed by atoms with van der Waals surface area (Å²) in [5.41, 5.74) is 0.523. The summed E-state index contributed by atoms with van der Waals surface area (Å²) in [7, 11) is 1.37. The first-order valence-corrected chi connectivity index (χ1v) is 17.3. The van der Waals surface area contributed by atoms with Crippen LogP contribution in [-0.4, -0.2) is 78.0 Å². The Labute approximate surface area is 293 Å². The number of methoxy groups -OCH3 is 1. The molecule has 1 aromatic rings. The number of aliphatic hydroxyl groups excluding tert-OH is 2. The lowest BCUT2D eigenvalue weighted by Gasteiger charge is -2.22. The van der Waals surface area contributed by atoms with Gasteiger partial charge in [-0.05, 0) is 74.1 Å². The number of allylic oxidation sites excluding steroid dienone is 2. The van der Waals surface area contributed by atoms with Gasteiger partial charge in [0.1, 0.15) is 25.5 Å². The Balaban J connectivity index is 1.68. The van der Waals surface area contributed by atoms with Crippen LogP contribution in [0.4, 0.5) is 0 Å². The number of Topliss-reactive ketones (excluding diaryl/α,β-unsaturated/α-hetero) is 1. The van der Waals surface area contributed by atoms with Crippen molar-refractivity contribution >= 4 is 29.7 Å². The van der Waals surface area contributed by atoms with Crippen LogP contribution in [0.5, 0.6) is 11.5 Å². The number of hydrogen-bond acceptors (Lipinski definition) is 12. The van der Waals surface area contributed by atoms with E-state index in [1.807, 2.05) is 12.2 Å². The van der Waals surface area contributed by atoms with Gasteiger partial charge in [-0.2, -0.15) is 0 Å². The van der Waals surface area contributed by atoms with E-state index in [2.05, 4.69) is 17.1 Å². The molecule has 0 unspecified atom stereocenters. The van der Waals surface area contributed by atoms with E-state index < -0.39 is 29.2 Å². The highest BCUT2D eigenvalue weighted by Gasteiger charge is 2.40. The summed E-state index contributed by atoms with van der Waals surface area (Å²) in [6.45, 7) is 1.13. The van der Waals surface area contributed by atoms with Gasteiger partial charge in [0.25, 0.3) is 5.09 Å². The summed E-state index contributed by atoms with van der Waals surface area (Å²) >= 11 is 0. The van der Waals surface area contributed by atoms with Crippen molar-refractivity contribution in [2.75, 3.05) is 26.9 Å². The number of ether oxygens (including phenoxy) is 3. The van der Waals surface area contributed by atoms with E-state index in [1.165, 1.54) is 38.2 Å². The third kappa shape index (κ3) is 16.9. The van der Waals surface area contributed by atoms with E-state index in [4.69, 9.17) is 14.2 Å². The Hall–Kier alpha value is -4.30. The van der Waals surface area contributed by atoms with Gasteiger partial charge in [-0.25, -0.2) is 9.59 Å². The zero-order valence-electron chi connectivity index (χ0n) is 29.1. The van der Waals surface area contributed by atoms with E-state index >= 15 is 0 Å². The first-order chi connectivity index (χ1) is 24.0. The molecular formula is C36H52N2O12. The second-order valence-electron chi connectivity index (χ2n) is 12.3. The SMILES string of the molecule is CCCCCCCC(=O)CC[C@@H]1[C@@H](C/C=C\CCCC(=O)NCC(=O)Oc2ccc(/C=C/C(=O)OCCO[N+](=O)[O-])cc2OC)[C@@H](O)C[C@H]1O. The number of carbonyl (C=O) groups excluding carboxylic acids is 4. The van der Waals surface area contributed by atoms with Crippen molar-refractivity contribution in [3.63, 3.8) is 0 Å². The largest absolute Gasteiger partial charge is 0.493 e. The third-order valence-electron chi connectivity index (χ3n) is 8.46. The zero-order valence-corrected chi connectivity index (χ0v) is 29.1. The molecule has 1 amide bonds. The summed E-state index contributed by atoms with van der Waals surface area (Å²) < 4.78 is 15.3. The maximum absolute atomic E-state index is 12.3. The smallest absolute Gasteiger partial charge is 0.330 e. The molecule has 0 bridgehead atoms. The molecule has 1 aliphatic carbocycles. The predicted octanol–water partition coefficient (Wildman–Crippen LogP) is 4.67. The molecule has 0 aromatic heterocycles. The van der Waals surface area contributed by atoms with E-state index in [0.29, 0.717) is 50.5 Å². The summed E-state index contributed by atoms with van der Waals surface area (Å²) in [5, 5.41) is 32.6. The minimum absolute atomic E-state index is 0.111. The van der Waals surface area contributed by atoms with Crippen molar-refractivity contribution in [2.24, 2.45) is 11.8 Å². The molecule has 3 N–H and O–H groups in total. The Morgan fingerprint density at radius 3 is 2.46 bits per heavy atom. The minimum atomic E-state index is -0.988. The van der Waals surface area contributed by atoms with E-state index in [9.17, 15) is 39.5 Å². The average Bonchev–Trinajstić information content (AvgIpc) is 3.36. The van der Waals surface area contributed by atoms with Gasteiger partial charge in [0.05, 0.1) is 19.3 Å². The maximum atomic E-state index is 12.3. The number of unbranched alkanes of at least 4 members (excludes halogenated alkanes) is 5. The van der Waals surface area contributed by atoms with Crippen LogP contribution in [0, 0.1) is 22.0 Å². The third-order valence-corrected chi connectivity index (χ3v) is 8.46. The molecule has 0 aliphatic heterocycles. The molecule has 0 saturated heterocycles. The maximum Gasteiger partial charge on any atom is 0.330 e. The molecule has 1 fully saturated rings. The number of benzene rings is 1. The molecule has 0 radical (unpaired) electrons. The first kappa shape index (κ1) is 41.9. The molecule has 1 aliphatic rings. The van der Waals surface area contributed by atoms with Gasteiger partial charge in [0.15, 0.2) is 11.5 Å². The van der Waals surface area contributed by atoms with Gasteiger partial charge in [-0.15, -0.1) is 10.1 Å². The van der Waals surface area contributed by atoms with Crippen molar-refractivity contribution in [1.29, 1.82) is 0 Å². The van der Waals surface area contributed by atoms with Crippen LogP contribution in [0.15, 0.2) is 36.4 Å². The fourth-order valence-electron chi connectivity index (χ4n) is 5.79. The van der Waals surface area contributed by atoms with Gasteiger partial charge in [-0.1, -0.05) is 50.8 Å². The van der Waals surface area contributed by atoms with Crippen LogP contribution in [0.25, 0.3) is 6.08 Å². The number of hydrogen-bond donors (Lipinski definition) is 3. The molecular weight excluding hydrogens is 652 g/mol. The second kappa shape index (κ2) is 24.0. The molecule has 0 spiro atoms. The van der Waals surface area contributed by atoms with E-state index in [1.54, 1.807) is 6.07 Å². The number of esters is 2. The van der Waals surface area contributed by atoms with Crippen molar-refractivity contribution < 1.29 is 53.5 Å². The average molecular weight is 705 g/mol. The summed E-state index contributed by atoms with van der Waals surface area (Å²) in [4.78, 5) is 62.8. The van der Waals surface area contributed by atoms with Gasteiger partial charge < -0.3 is 34.6 Å². The van der Waals surface area contributed by atoms with Crippen LogP contribution in [0.1, 0.15) is 96.0 Å². The quantitative estimate of drug-likeness (QED) is 0.0242. The van der Waals surface area contributed by atoms with Crippen molar-refractivity contribution in [3.05, 3.63) is 52.1 Å². The normalized spacial score (nSPS) is 18.6. The Kier molecular flexibility index (Phi) is 20.1. The minimum Gasteiger partial charge on any atom is -0.493 e. The number of ketones is 1. The lowest BCUT2D eigenvalue weighted by Crippen LogP contribution is -2.31. The Morgan fingerprint density at radius 1 is 0.960 bits per heavy atom. The fraction of sp³-hybridized carbons (Fsp3) is 0.611. The number of amides is 1. The number of nitrogens with one attached hydrogen (secondary N) is 1. The van der Waals surface area contributed by atoms with Crippen molar-refractivity contribution in [2.45, 2.75) is 103 Å². The number of carbonyl (C=O) groups is 4. The molecule has 14 nitrogen and oxygen atoms in total. The van der Waals surface area contributed by atoms with Crippen LogP contribution in [0.2, 0.25) is 0 Å². The van der Waals surface area contributed by atoms with Crippen LogP contribution >= 0.6 is 0 Å². The predicted molar refractivity (Wildman–Crippen MR) is 183 cm³/mol. The second-order valence-corrected chi connectivity index (χ2v) is 12.3. The van der Waals surface area contributed by atoms with Gasteiger partial charge in [0.2, 0.25) is 5.91 Å². The number of rotatable bonds is 25. The molecule has 0 heterocycles. The highest BCUT2D eigenvalue weighted by atomic mass is 17.0. The number of aliphatic hydroxyl groups is 2. The van der Waals surface area contributed by atoms with Crippen molar-refractivity contribution in [3.8, 4) is 11.5 Å². The lowest BCUT2D eigenvalue weighted by molar-refractivity contribution is -0.757. The standard InChI is InChI=1S/C36H52N2O12/c1-3-4-5-6-9-12-27(39)17-18-29-28(30(40)24-31(29)41)13-10-7-8-11-14-34(42)37-25-36(44)50-32-19-15-26(23-33(32)47-2)16-20-35(43)48-21-22-49-38(45)46/h7,10,15-16,19-20,23,28-31,40-41H,3-6,8-9,11-14,17-18,21-22,24-25H2,1-2H3,(H,37,42)/b10-7-,20-16+/t28-,29-,30+,31-/m1/s1. The van der Waals surface area contributed by atoms with Gasteiger partial charge in [0, 0.05) is 25.3 Å². The van der Waals surface area contributed by atoms with Crippen LogP contribution in [-0.2, 0) is 28.8 Å². The molecule has 4 atom stereocenters. The molecule has 14 heteroatoms. The Morgan fingerprint density at radius 2 is 1.72 bits per heavy atom. The summed E-state index contributed by atoms with van der Waals surface area (Å²) in [6, 6.07) is 4.54. The zero-order chi connectivity index (χ0) is 36.7. The molecule has 278 valence electrons. The summed E-state index contributed by atoms with van der Waals surface area (Å²) in [6.07, 6.45) is 14.6. The highest BCUT2D eigenvalue weighted by Crippen LogP contribution is 2.38. The lowest BCUT2D eigenvalue weighted by atomic mass is 9.86. The molecule has 2 rings (SSSR count). The van der Waals surface area contributed by atoms with E-state index in [-0.39, 0.29) is 61.2 Å². The molecule has 1 aromatic carbocycles. The fourth-order valence-corrected chi connectivity index (χ4v) is 5.79. The molecule has 50 heavy (non-hydrogen) atoms. The Bertz CT molecular complexity index is 1300.